The van der Waals surface area contributed by atoms with Crippen molar-refractivity contribution in [2.45, 2.75) is 4.90 Å². The second kappa shape index (κ2) is 9.58. The van der Waals surface area contributed by atoms with E-state index in [0.29, 0.717) is 32.0 Å². The van der Waals surface area contributed by atoms with Gasteiger partial charge in [-0.05, 0) is 30.3 Å². The third kappa shape index (κ3) is 5.27. The zero-order valence-electron chi connectivity index (χ0n) is 16.2. The maximum Gasteiger partial charge on any atom is 0.265 e. The van der Waals surface area contributed by atoms with Crippen LogP contribution in [0.3, 0.4) is 0 Å². The summed E-state index contributed by atoms with van der Waals surface area (Å²) < 4.78 is 32.5. The lowest BCUT2D eigenvalue weighted by molar-refractivity contribution is 0.0383. The van der Waals surface area contributed by atoms with Gasteiger partial charge in [-0.1, -0.05) is 29.8 Å². The van der Waals surface area contributed by atoms with Crippen molar-refractivity contribution in [3.05, 3.63) is 59.1 Å². The van der Waals surface area contributed by atoms with E-state index in [1.165, 1.54) is 25.2 Å². The van der Waals surface area contributed by atoms with Crippen LogP contribution in [0.2, 0.25) is 5.02 Å². The molecule has 1 saturated heterocycles. The number of para-hydroxylation sites is 1. The molecule has 1 heterocycles. The van der Waals surface area contributed by atoms with Crippen LogP contribution >= 0.6 is 11.6 Å². The molecular weight excluding hydrogens is 414 g/mol. The lowest BCUT2D eigenvalue weighted by Crippen LogP contribution is -2.41. The summed E-state index contributed by atoms with van der Waals surface area (Å²) in [6, 6.07) is 13.0. The SMILES string of the molecule is CN(c1ccccc1)S(=O)(=O)c1cc(C(=O)NCCN2CCOCC2)ccc1Cl. The molecule has 2 aromatic carbocycles. The average molecular weight is 438 g/mol. The number of amides is 1. The molecule has 0 radical (unpaired) electrons. The van der Waals surface area contributed by atoms with Crippen molar-refractivity contribution in [3.8, 4) is 0 Å². The first kappa shape index (κ1) is 21.6. The summed E-state index contributed by atoms with van der Waals surface area (Å²) in [5.41, 5.74) is 0.750. The summed E-state index contributed by atoms with van der Waals surface area (Å²) >= 11 is 6.17. The molecule has 9 heteroatoms. The van der Waals surface area contributed by atoms with Crippen LogP contribution in [-0.2, 0) is 14.8 Å². The molecule has 0 bridgehead atoms. The number of anilines is 1. The Balaban J connectivity index is 1.72. The standard InChI is InChI=1S/C20H24ClN3O4S/c1-23(17-5-3-2-4-6-17)29(26,27)19-15-16(7-8-18(19)21)20(25)22-9-10-24-11-13-28-14-12-24/h2-8,15H,9-14H2,1H3,(H,22,25). The Hall–Kier alpha value is -2.13. The van der Waals surface area contributed by atoms with Crippen LogP contribution in [0.1, 0.15) is 10.4 Å². The zero-order valence-corrected chi connectivity index (χ0v) is 17.7. The van der Waals surface area contributed by atoms with Crippen LogP contribution in [0.5, 0.6) is 0 Å². The average Bonchev–Trinajstić information content (AvgIpc) is 2.74. The van der Waals surface area contributed by atoms with Crippen LogP contribution in [0.25, 0.3) is 0 Å². The zero-order chi connectivity index (χ0) is 20.9. The molecule has 1 aliphatic heterocycles. The minimum atomic E-state index is -3.92. The molecule has 1 amide bonds. The molecule has 1 aliphatic rings. The summed E-state index contributed by atoms with van der Waals surface area (Å²) in [5, 5.41) is 2.90. The Morgan fingerprint density at radius 2 is 1.86 bits per heavy atom. The monoisotopic (exact) mass is 437 g/mol. The fourth-order valence-corrected chi connectivity index (χ4v) is 4.72. The van der Waals surface area contributed by atoms with E-state index in [9.17, 15) is 13.2 Å². The number of benzene rings is 2. The van der Waals surface area contributed by atoms with E-state index >= 15 is 0 Å². The largest absolute Gasteiger partial charge is 0.379 e. The molecule has 0 aliphatic carbocycles. The molecule has 7 nitrogen and oxygen atoms in total. The van der Waals surface area contributed by atoms with Gasteiger partial charge >= 0.3 is 0 Å². The third-order valence-electron chi connectivity index (χ3n) is 4.77. The highest BCUT2D eigenvalue weighted by atomic mass is 35.5. The first-order chi connectivity index (χ1) is 13.9. The second-order valence-corrected chi connectivity index (χ2v) is 9.01. The molecule has 156 valence electrons. The summed E-state index contributed by atoms with van der Waals surface area (Å²) in [4.78, 5) is 14.6. The van der Waals surface area contributed by atoms with Crippen LogP contribution in [-0.4, -0.2) is 65.7 Å². The van der Waals surface area contributed by atoms with Gasteiger partial charge in [0.1, 0.15) is 4.90 Å². The lowest BCUT2D eigenvalue weighted by Gasteiger charge is -2.26. The smallest absolute Gasteiger partial charge is 0.265 e. The van der Waals surface area contributed by atoms with Gasteiger partial charge in [0, 0.05) is 38.8 Å². The molecule has 0 atom stereocenters. The Morgan fingerprint density at radius 3 is 2.55 bits per heavy atom. The molecular formula is C20H24ClN3O4S. The Morgan fingerprint density at radius 1 is 1.17 bits per heavy atom. The van der Waals surface area contributed by atoms with Crippen LogP contribution in [0, 0.1) is 0 Å². The van der Waals surface area contributed by atoms with E-state index in [4.69, 9.17) is 16.3 Å². The highest BCUT2D eigenvalue weighted by molar-refractivity contribution is 7.93. The Bertz CT molecular complexity index is 947. The summed E-state index contributed by atoms with van der Waals surface area (Å²) in [6.45, 7) is 4.25. The van der Waals surface area contributed by atoms with Gasteiger partial charge in [0.25, 0.3) is 15.9 Å². The van der Waals surface area contributed by atoms with E-state index < -0.39 is 10.0 Å². The fraction of sp³-hybridized carbons (Fsp3) is 0.350. The molecule has 0 unspecified atom stereocenters. The van der Waals surface area contributed by atoms with Crippen molar-refractivity contribution in [2.24, 2.45) is 0 Å². The highest BCUT2D eigenvalue weighted by Crippen LogP contribution is 2.28. The van der Waals surface area contributed by atoms with E-state index in [1.54, 1.807) is 30.3 Å². The number of hydrogen-bond acceptors (Lipinski definition) is 5. The molecule has 3 rings (SSSR count). The van der Waals surface area contributed by atoms with Gasteiger partial charge in [-0.2, -0.15) is 0 Å². The third-order valence-corrected chi connectivity index (χ3v) is 7.04. The normalized spacial score (nSPS) is 15.1. The van der Waals surface area contributed by atoms with Gasteiger partial charge in [-0.3, -0.25) is 14.0 Å². The number of carbonyl (C=O) groups is 1. The van der Waals surface area contributed by atoms with Crippen LogP contribution < -0.4 is 9.62 Å². The predicted octanol–water partition coefficient (Wildman–Crippen LogP) is 2.23. The Kier molecular flexibility index (Phi) is 7.13. The van der Waals surface area contributed by atoms with E-state index in [-0.39, 0.29) is 21.4 Å². The summed E-state index contributed by atoms with van der Waals surface area (Å²) in [7, 11) is -2.46. The lowest BCUT2D eigenvalue weighted by atomic mass is 10.2. The topological polar surface area (TPSA) is 79.0 Å². The molecule has 1 fully saturated rings. The predicted molar refractivity (Wildman–Crippen MR) is 113 cm³/mol. The number of sulfonamides is 1. The van der Waals surface area contributed by atoms with Crippen molar-refractivity contribution in [2.75, 3.05) is 50.7 Å². The number of ether oxygens (including phenoxy) is 1. The van der Waals surface area contributed by atoms with Gasteiger partial charge in [0.2, 0.25) is 0 Å². The van der Waals surface area contributed by atoms with Crippen LogP contribution in [0.15, 0.2) is 53.4 Å². The molecule has 0 saturated carbocycles. The fourth-order valence-electron chi connectivity index (χ4n) is 3.02. The summed E-state index contributed by atoms with van der Waals surface area (Å²) in [6.07, 6.45) is 0. The Labute approximate surface area is 176 Å². The second-order valence-electron chi connectivity index (χ2n) is 6.66. The number of rotatable bonds is 7. The maximum absolute atomic E-state index is 13.0. The minimum Gasteiger partial charge on any atom is -0.379 e. The van der Waals surface area contributed by atoms with Crippen molar-refractivity contribution in [3.63, 3.8) is 0 Å². The van der Waals surface area contributed by atoms with Gasteiger partial charge in [0.05, 0.1) is 23.9 Å². The first-order valence-electron chi connectivity index (χ1n) is 9.31. The number of nitrogens with zero attached hydrogens (tertiary/aromatic N) is 2. The van der Waals surface area contributed by atoms with Gasteiger partial charge in [-0.25, -0.2) is 8.42 Å². The van der Waals surface area contributed by atoms with E-state index in [2.05, 4.69) is 10.2 Å². The molecule has 1 N–H and O–H groups in total. The highest BCUT2D eigenvalue weighted by Gasteiger charge is 2.25. The number of morpholine rings is 1. The quantitative estimate of drug-likeness (QED) is 0.718. The van der Waals surface area contributed by atoms with Crippen molar-refractivity contribution in [1.29, 1.82) is 0 Å². The number of hydrogen-bond donors (Lipinski definition) is 1. The molecule has 29 heavy (non-hydrogen) atoms. The first-order valence-corrected chi connectivity index (χ1v) is 11.1. The van der Waals surface area contributed by atoms with E-state index in [1.807, 2.05) is 0 Å². The number of carbonyl (C=O) groups excluding carboxylic acids is 1. The van der Waals surface area contributed by atoms with Gasteiger partial charge in [-0.15, -0.1) is 0 Å². The van der Waals surface area contributed by atoms with E-state index in [0.717, 1.165) is 17.4 Å². The van der Waals surface area contributed by atoms with Gasteiger partial charge < -0.3 is 10.1 Å². The minimum absolute atomic E-state index is 0.0673. The van der Waals surface area contributed by atoms with Crippen molar-refractivity contribution >= 4 is 33.2 Å². The number of nitrogens with one attached hydrogen (secondary N) is 1. The van der Waals surface area contributed by atoms with Crippen molar-refractivity contribution in [1.82, 2.24) is 10.2 Å². The molecule has 0 spiro atoms. The van der Waals surface area contributed by atoms with Crippen LogP contribution in [0.4, 0.5) is 5.69 Å². The molecule has 2 aromatic rings. The summed E-state index contributed by atoms with van der Waals surface area (Å²) in [5.74, 6) is -0.339. The van der Waals surface area contributed by atoms with Crippen molar-refractivity contribution < 1.29 is 17.9 Å². The maximum atomic E-state index is 13.0. The molecule has 0 aromatic heterocycles. The number of halogens is 1. The van der Waals surface area contributed by atoms with Gasteiger partial charge in [0.15, 0.2) is 0 Å².